The van der Waals surface area contributed by atoms with Gasteiger partial charge in [0.15, 0.2) is 0 Å². The van der Waals surface area contributed by atoms with E-state index in [1.165, 1.54) is 22.1 Å². The van der Waals surface area contributed by atoms with Crippen LogP contribution in [-0.2, 0) is 11.3 Å². The molecule has 4 aromatic heterocycles. The van der Waals surface area contributed by atoms with Gasteiger partial charge in [0.25, 0.3) is 5.56 Å². The van der Waals surface area contributed by atoms with Gasteiger partial charge in [-0.15, -0.1) is 11.3 Å². The van der Waals surface area contributed by atoms with E-state index in [9.17, 15) is 28.7 Å². The van der Waals surface area contributed by atoms with Crippen LogP contribution < -0.4 is 10.5 Å². The normalized spacial score (nSPS) is 15.8. The van der Waals surface area contributed by atoms with Gasteiger partial charge in [-0.2, -0.15) is 14.0 Å². The molecule has 0 radical (unpaired) electrons. The van der Waals surface area contributed by atoms with Gasteiger partial charge in [0.1, 0.15) is 23.3 Å². The van der Waals surface area contributed by atoms with Crippen molar-refractivity contribution in [3.05, 3.63) is 79.9 Å². The Morgan fingerprint density at radius 1 is 1.23 bits per heavy atom. The molecule has 15 heteroatoms. The minimum Gasteiger partial charge on any atom is -0.478 e. The van der Waals surface area contributed by atoms with E-state index in [2.05, 4.69) is 42.5 Å². The van der Waals surface area contributed by atoms with Crippen molar-refractivity contribution >= 4 is 55.8 Å². The van der Waals surface area contributed by atoms with Crippen molar-refractivity contribution in [2.24, 2.45) is 0 Å². The molecule has 11 nitrogen and oxygen atoms in total. The highest BCUT2D eigenvalue weighted by atomic mass is 35.5. The largest absolute Gasteiger partial charge is 0.478 e. The second-order valence-corrected chi connectivity index (χ2v) is 14.3. The summed E-state index contributed by atoms with van der Waals surface area (Å²) in [6.07, 6.45) is 6.18. The topological polar surface area (TPSA) is 137 Å². The Hall–Kier alpha value is -4.99. The maximum Gasteiger partial charge on any atom is 0.345 e. The van der Waals surface area contributed by atoms with Crippen LogP contribution in [-0.4, -0.2) is 80.4 Å². The van der Waals surface area contributed by atoms with Crippen LogP contribution in [0.2, 0.25) is 5.02 Å². The maximum absolute atomic E-state index is 14.0. The molecule has 52 heavy (non-hydrogen) atoms. The van der Waals surface area contributed by atoms with E-state index in [4.69, 9.17) is 11.6 Å². The van der Waals surface area contributed by atoms with Gasteiger partial charge in [0, 0.05) is 65.0 Å². The highest BCUT2D eigenvalue weighted by molar-refractivity contribution is 7.18. The molecular formula is C37H32ClF2N7O4S. The Morgan fingerprint density at radius 3 is 2.69 bits per heavy atom. The number of pyridine rings is 2. The predicted octanol–water partition coefficient (Wildman–Crippen LogP) is 6.32. The predicted molar refractivity (Wildman–Crippen MR) is 194 cm³/mol. The number of carboxylic acid groups (broad SMARTS) is 1. The van der Waals surface area contributed by atoms with Crippen LogP contribution in [0.1, 0.15) is 53.0 Å². The monoisotopic (exact) mass is 743 g/mol. The lowest BCUT2D eigenvalue weighted by molar-refractivity contribution is -0.145. The standard InChI is InChI=1S/C37H32ClF2N7O4S/c1-21-44-29-18-43-33(45(2)24-8-14-46(15-9-24)37(10-11-37)20-51-36(39)40)27(17-41)30(29)34(48)47(21)13-3-4-22-5-6-23(38)16-26(22)25-7-12-42-31-28(35(49)50)19-52-32(25)31/h5-7,12,16,18-19,24,36H,8-11,13-15,20H2,1-2H3,(H,49,50). The number of hydrogen-bond acceptors (Lipinski definition) is 10. The molecule has 5 aromatic rings. The number of nitriles is 1. The van der Waals surface area contributed by atoms with Crippen LogP contribution in [0.3, 0.4) is 0 Å². The van der Waals surface area contributed by atoms with Gasteiger partial charge in [-0.05, 0) is 56.9 Å². The molecular weight excluding hydrogens is 712 g/mol. The molecule has 2 fully saturated rings. The summed E-state index contributed by atoms with van der Waals surface area (Å²) >= 11 is 7.66. The number of rotatable bonds is 9. The number of piperidine rings is 1. The van der Waals surface area contributed by atoms with Gasteiger partial charge < -0.3 is 14.7 Å². The lowest BCUT2D eigenvalue weighted by Crippen LogP contribution is -2.50. The summed E-state index contributed by atoms with van der Waals surface area (Å²) in [5.74, 6) is 5.96. The van der Waals surface area contributed by atoms with Crippen LogP contribution in [0, 0.1) is 30.1 Å². The number of aromatic nitrogens is 4. The number of alkyl halides is 2. The average molecular weight is 744 g/mol. The summed E-state index contributed by atoms with van der Waals surface area (Å²) in [5, 5.41) is 22.1. The number of thiophene rings is 1. The zero-order chi connectivity index (χ0) is 36.7. The number of aromatic carboxylic acids is 1. The van der Waals surface area contributed by atoms with Crippen LogP contribution in [0.25, 0.3) is 32.2 Å². The van der Waals surface area contributed by atoms with Crippen molar-refractivity contribution in [2.45, 2.75) is 57.3 Å². The van der Waals surface area contributed by atoms with Gasteiger partial charge in [0.2, 0.25) is 0 Å². The molecule has 1 aliphatic carbocycles. The Balaban J connectivity index is 1.16. The number of nitrogens with zero attached hydrogens (tertiary/aromatic N) is 7. The van der Waals surface area contributed by atoms with Crippen molar-refractivity contribution in [3.63, 3.8) is 0 Å². The lowest BCUT2D eigenvalue weighted by Gasteiger charge is -2.41. The Bertz CT molecular complexity index is 2390. The van der Waals surface area contributed by atoms with Crippen molar-refractivity contribution in [1.29, 1.82) is 5.26 Å². The third-order valence-electron chi connectivity index (χ3n) is 10.0. The second kappa shape index (κ2) is 14.2. The van der Waals surface area contributed by atoms with E-state index in [0.717, 1.165) is 31.2 Å². The van der Waals surface area contributed by atoms with E-state index in [1.54, 1.807) is 42.8 Å². The molecule has 7 rings (SSSR count). The lowest BCUT2D eigenvalue weighted by atomic mass is 10.00. The van der Waals surface area contributed by atoms with E-state index < -0.39 is 18.1 Å². The van der Waals surface area contributed by atoms with Gasteiger partial charge in [-0.1, -0.05) is 23.4 Å². The molecule has 1 N–H and O–H groups in total. The third-order valence-corrected chi connectivity index (χ3v) is 11.3. The summed E-state index contributed by atoms with van der Waals surface area (Å²) in [6.45, 7) is 0.293. The number of carbonyl (C=O) groups is 1. The summed E-state index contributed by atoms with van der Waals surface area (Å²) < 4.78 is 32.2. The molecule has 266 valence electrons. The Labute approximate surface area is 306 Å². The maximum atomic E-state index is 14.0. The van der Waals surface area contributed by atoms with Crippen molar-refractivity contribution < 1.29 is 23.4 Å². The first-order valence-corrected chi connectivity index (χ1v) is 17.8. The molecule has 0 amide bonds. The van der Waals surface area contributed by atoms with Crippen LogP contribution in [0.5, 0.6) is 0 Å². The number of halogens is 3. The Kier molecular flexibility index (Phi) is 9.67. The summed E-state index contributed by atoms with van der Waals surface area (Å²) in [4.78, 5) is 43.4. The average Bonchev–Trinajstić information content (AvgIpc) is 3.80. The van der Waals surface area contributed by atoms with E-state index in [0.29, 0.717) is 56.6 Å². The zero-order valence-electron chi connectivity index (χ0n) is 28.2. The molecule has 2 aliphatic rings. The Morgan fingerprint density at radius 2 is 2.00 bits per heavy atom. The SMILES string of the molecule is Cc1nc2cnc(N(C)C3CCN(C4(COC(F)F)CC4)CC3)c(C#N)c2c(=O)n1CC#Cc1ccc(Cl)cc1-c1ccnc2c(C(=O)O)csc12. The molecule has 1 saturated heterocycles. The van der Waals surface area contributed by atoms with Gasteiger partial charge in [0.05, 0.1) is 46.0 Å². The first kappa shape index (κ1) is 35.4. The second-order valence-electron chi connectivity index (χ2n) is 13.0. The van der Waals surface area contributed by atoms with Crippen LogP contribution >= 0.6 is 22.9 Å². The first-order valence-electron chi connectivity index (χ1n) is 16.6. The molecule has 0 spiro atoms. The molecule has 0 bridgehead atoms. The highest BCUT2D eigenvalue weighted by Gasteiger charge is 2.49. The number of hydrogen-bond donors (Lipinski definition) is 1. The van der Waals surface area contributed by atoms with E-state index in [1.807, 2.05) is 11.9 Å². The molecule has 1 aliphatic heterocycles. The number of anilines is 1. The van der Waals surface area contributed by atoms with E-state index >= 15 is 0 Å². The number of benzene rings is 1. The molecule has 5 heterocycles. The van der Waals surface area contributed by atoms with Crippen molar-refractivity contribution in [1.82, 2.24) is 24.4 Å². The van der Waals surface area contributed by atoms with Crippen molar-refractivity contribution in [2.75, 3.05) is 31.6 Å². The molecule has 0 unspecified atom stereocenters. The fourth-order valence-corrected chi connectivity index (χ4v) is 8.24. The number of fused-ring (bicyclic) bond motifs is 2. The van der Waals surface area contributed by atoms with Crippen molar-refractivity contribution in [3.8, 4) is 29.0 Å². The van der Waals surface area contributed by atoms with Gasteiger partial charge in [-0.3, -0.25) is 19.2 Å². The minimum atomic E-state index is -2.79. The molecule has 1 saturated carbocycles. The zero-order valence-corrected chi connectivity index (χ0v) is 29.8. The molecule has 1 aromatic carbocycles. The summed E-state index contributed by atoms with van der Waals surface area (Å²) in [6, 6.07) is 9.25. The summed E-state index contributed by atoms with van der Waals surface area (Å²) in [5.41, 5.74) is 2.23. The quantitative estimate of drug-likeness (QED) is 0.171. The first-order chi connectivity index (χ1) is 25.0. The smallest absolute Gasteiger partial charge is 0.345 e. The fraction of sp³-hybridized carbons (Fsp3) is 0.351. The fourth-order valence-electron chi connectivity index (χ4n) is 7.04. The number of likely N-dealkylation sites (tertiary alicyclic amines) is 1. The number of aryl methyl sites for hydroxylation is 1. The highest BCUT2D eigenvalue weighted by Crippen LogP contribution is 2.44. The molecule has 0 atom stereocenters. The van der Waals surface area contributed by atoms with E-state index in [-0.39, 0.29) is 41.2 Å². The summed E-state index contributed by atoms with van der Waals surface area (Å²) in [7, 11) is 1.85. The van der Waals surface area contributed by atoms with Crippen LogP contribution in [0.4, 0.5) is 14.6 Å². The van der Waals surface area contributed by atoms with Crippen LogP contribution in [0.15, 0.2) is 46.8 Å². The number of ether oxygens (including phenoxy) is 1. The minimum absolute atomic E-state index is 0.0126. The number of carboxylic acids is 1. The van der Waals surface area contributed by atoms with Gasteiger partial charge >= 0.3 is 12.6 Å². The third kappa shape index (κ3) is 6.59. The van der Waals surface area contributed by atoms with Gasteiger partial charge in [-0.25, -0.2) is 14.8 Å².